The van der Waals surface area contributed by atoms with Gasteiger partial charge in [0.15, 0.2) is 0 Å². The van der Waals surface area contributed by atoms with E-state index in [2.05, 4.69) is 20.9 Å². The molecule has 3 aromatic rings. The Morgan fingerprint density at radius 2 is 1.85 bits per heavy atom. The number of hydrogen-bond donors (Lipinski definition) is 0. The first kappa shape index (κ1) is 13.6. The molecule has 0 N–H and O–H groups in total. The zero-order valence-electron chi connectivity index (χ0n) is 9.91. The van der Waals surface area contributed by atoms with Gasteiger partial charge in [0.25, 0.3) is 0 Å². The highest BCUT2D eigenvalue weighted by Crippen LogP contribution is 2.35. The summed E-state index contributed by atoms with van der Waals surface area (Å²) >= 11 is 4.75. The standard InChI is InChI=1S/C14H7BrF3NS/c15-10-3-1-2-8(6-10)13-19-11-7-9(14(16,17)18)4-5-12(11)20-13/h1-7H. The molecule has 2 aromatic carbocycles. The van der Waals surface area contributed by atoms with Crippen LogP contribution in [0.4, 0.5) is 13.2 Å². The Kier molecular flexibility index (Phi) is 3.30. The van der Waals surface area contributed by atoms with Crippen molar-refractivity contribution in [1.82, 2.24) is 4.98 Å². The Morgan fingerprint density at radius 1 is 1.05 bits per heavy atom. The number of fused-ring (bicyclic) bond motifs is 1. The Labute approximate surface area is 125 Å². The topological polar surface area (TPSA) is 12.9 Å². The Balaban J connectivity index is 2.11. The van der Waals surface area contributed by atoms with E-state index in [0.717, 1.165) is 26.9 Å². The van der Waals surface area contributed by atoms with Crippen molar-refractivity contribution in [3.8, 4) is 10.6 Å². The summed E-state index contributed by atoms with van der Waals surface area (Å²) in [5.41, 5.74) is 0.588. The zero-order valence-corrected chi connectivity index (χ0v) is 12.3. The lowest BCUT2D eigenvalue weighted by Gasteiger charge is -2.04. The largest absolute Gasteiger partial charge is 0.416 e. The van der Waals surface area contributed by atoms with Gasteiger partial charge in [-0.15, -0.1) is 11.3 Å². The molecule has 20 heavy (non-hydrogen) atoms. The van der Waals surface area contributed by atoms with Crippen LogP contribution < -0.4 is 0 Å². The van der Waals surface area contributed by atoms with Crippen molar-refractivity contribution in [1.29, 1.82) is 0 Å². The van der Waals surface area contributed by atoms with Crippen LogP contribution in [-0.2, 0) is 6.18 Å². The molecule has 3 rings (SSSR count). The molecule has 0 unspecified atom stereocenters. The lowest BCUT2D eigenvalue weighted by atomic mass is 10.2. The number of aromatic nitrogens is 1. The van der Waals surface area contributed by atoms with E-state index in [1.807, 2.05) is 24.3 Å². The van der Waals surface area contributed by atoms with E-state index in [0.29, 0.717) is 10.5 Å². The van der Waals surface area contributed by atoms with E-state index in [9.17, 15) is 13.2 Å². The Hall–Kier alpha value is -1.40. The van der Waals surface area contributed by atoms with Crippen LogP contribution in [0.1, 0.15) is 5.56 Å². The van der Waals surface area contributed by atoms with Crippen molar-refractivity contribution in [2.45, 2.75) is 6.18 Å². The van der Waals surface area contributed by atoms with Crippen LogP contribution in [0.15, 0.2) is 46.9 Å². The van der Waals surface area contributed by atoms with Crippen molar-refractivity contribution >= 4 is 37.5 Å². The summed E-state index contributed by atoms with van der Waals surface area (Å²) < 4.78 is 39.7. The summed E-state index contributed by atoms with van der Waals surface area (Å²) in [5, 5.41) is 0.709. The molecule has 0 saturated heterocycles. The summed E-state index contributed by atoms with van der Waals surface area (Å²) in [6.07, 6.45) is -4.34. The maximum Gasteiger partial charge on any atom is 0.416 e. The summed E-state index contributed by atoms with van der Waals surface area (Å²) in [5.74, 6) is 0. The quantitative estimate of drug-likeness (QED) is 0.540. The van der Waals surface area contributed by atoms with Gasteiger partial charge in [-0.25, -0.2) is 4.98 Å². The molecule has 0 aliphatic rings. The highest BCUT2D eigenvalue weighted by molar-refractivity contribution is 9.10. The summed E-state index contributed by atoms with van der Waals surface area (Å²) in [6, 6.07) is 11.2. The highest BCUT2D eigenvalue weighted by Gasteiger charge is 2.30. The predicted molar refractivity (Wildman–Crippen MR) is 77.8 cm³/mol. The molecule has 0 aliphatic carbocycles. The van der Waals surface area contributed by atoms with Crippen LogP contribution >= 0.6 is 27.3 Å². The first-order valence-electron chi connectivity index (χ1n) is 5.67. The van der Waals surface area contributed by atoms with Crippen molar-refractivity contribution in [3.63, 3.8) is 0 Å². The van der Waals surface area contributed by atoms with Crippen LogP contribution in [0, 0.1) is 0 Å². The molecule has 0 spiro atoms. The van der Waals surface area contributed by atoms with Crippen molar-refractivity contribution in [2.75, 3.05) is 0 Å². The summed E-state index contributed by atoms with van der Waals surface area (Å²) in [4.78, 5) is 4.30. The van der Waals surface area contributed by atoms with E-state index in [-0.39, 0.29) is 0 Å². The van der Waals surface area contributed by atoms with Gasteiger partial charge in [0, 0.05) is 10.0 Å². The third kappa shape index (κ3) is 2.58. The molecule has 0 saturated carbocycles. The lowest BCUT2D eigenvalue weighted by Crippen LogP contribution is -2.03. The van der Waals surface area contributed by atoms with Gasteiger partial charge >= 0.3 is 6.18 Å². The number of halogens is 4. The fraction of sp³-hybridized carbons (Fsp3) is 0.0714. The van der Waals surface area contributed by atoms with Gasteiger partial charge in [-0.05, 0) is 30.3 Å². The maximum atomic E-state index is 12.7. The van der Waals surface area contributed by atoms with Crippen LogP contribution in [0.25, 0.3) is 20.8 Å². The first-order chi connectivity index (χ1) is 9.43. The van der Waals surface area contributed by atoms with Gasteiger partial charge < -0.3 is 0 Å². The SMILES string of the molecule is FC(F)(F)c1ccc2sc(-c3cccc(Br)c3)nc2c1. The molecule has 0 amide bonds. The average molecular weight is 358 g/mol. The number of nitrogens with zero attached hydrogens (tertiary/aromatic N) is 1. The van der Waals surface area contributed by atoms with Gasteiger partial charge in [-0.2, -0.15) is 13.2 Å². The number of hydrogen-bond acceptors (Lipinski definition) is 2. The first-order valence-corrected chi connectivity index (χ1v) is 7.28. The van der Waals surface area contributed by atoms with Crippen LogP contribution in [0.3, 0.4) is 0 Å². The number of thiazole rings is 1. The van der Waals surface area contributed by atoms with E-state index in [1.165, 1.54) is 17.4 Å². The van der Waals surface area contributed by atoms with Gasteiger partial charge in [0.1, 0.15) is 5.01 Å². The Morgan fingerprint density at radius 3 is 2.55 bits per heavy atom. The molecule has 0 bridgehead atoms. The molecule has 6 heteroatoms. The van der Waals surface area contributed by atoms with Crippen molar-refractivity contribution in [3.05, 3.63) is 52.5 Å². The van der Waals surface area contributed by atoms with Crippen LogP contribution in [0.5, 0.6) is 0 Å². The highest BCUT2D eigenvalue weighted by atomic mass is 79.9. The second-order valence-electron chi connectivity index (χ2n) is 4.21. The third-order valence-electron chi connectivity index (χ3n) is 2.79. The molecule has 1 nitrogen and oxygen atoms in total. The summed E-state index contributed by atoms with van der Waals surface area (Å²) in [7, 11) is 0. The molecule has 102 valence electrons. The molecular formula is C14H7BrF3NS. The molecule has 0 fully saturated rings. The molecule has 0 atom stereocenters. The fourth-order valence-corrected chi connectivity index (χ4v) is 3.19. The number of alkyl halides is 3. The Bertz CT molecular complexity index is 779. The van der Waals surface area contributed by atoms with E-state index >= 15 is 0 Å². The minimum Gasteiger partial charge on any atom is -0.236 e. The summed E-state index contributed by atoms with van der Waals surface area (Å²) in [6.45, 7) is 0. The second kappa shape index (κ2) is 4.86. The fourth-order valence-electron chi connectivity index (χ4n) is 1.85. The second-order valence-corrected chi connectivity index (χ2v) is 6.16. The van der Waals surface area contributed by atoms with Gasteiger partial charge in [0.05, 0.1) is 15.8 Å². The van der Waals surface area contributed by atoms with Gasteiger partial charge in [-0.3, -0.25) is 0 Å². The van der Waals surface area contributed by atoms with Gasteiger partial charge in [-0.1, -0.05) is 28.1 Å². The lowest BCUT2D eigenvalue weighted by molar-refractivity contribution is -0.137. The monoisotopic (exact) mass is 357 g/mol. The number of rotatable bonds is 1. The normalized spacial score (nSPS) is 12.0. The predicted octanol–water partition coefficient (Wildman–Crippen LogP) is 5.74. The molecular weight excluding hydrogens is 351 g/mol. The van der Waals surface area contributed by atoms with E-state index in [1.54, 1.807) is 0 Å². The van der Waals surface area contributed by atoms with E-state index < -0.39 is 11.7 Å². The molecule has 1 heterocycles. The van der Waals surface area contributed by atoms with Crippen molar-refractivity contribution in [2.24, 2.45) is 0 Å². The minimum atomic E-state index is -4.34. The minimum absolute atomic E-state index is 0.375. The van der Waals surface area contributed by atoms with Crippen molar-refractivity contribution < 1.29 is 13.2 Å². The van der Waals surface area contributed by atoms with Gasteiger partial charge in [0.2, 0.25) is 0 Å². The molecule has 0 aliphatic heterocycles. The maximum absolute atomic E-state index is 12.7. The molecule has 0 radical (unpaired) electrons. The smallest absolute Gasteiger partial charge is 0.236 e. The van der Waals surface area contributed by atoms with Crippen LogP contribution in [-0.4, -0.2) is 4.98 Å². The van der Waals surface area contributed by atoms with Crippen LogP contribution in [0.2, 0.25) is 0 Å². The number of benzene rings is 2. The average Bonchev–Trinajstić information content (AvgIpc) is 2.80. The van der Waals surface area contributed by atoms with E-state index in [4.69, 9.17) is 0 Å². The molecule has 1 aromatic heterocycles. The third-order valence-corrected chi connectivity index (χ3v) is 4.37. The zero-order chi connectivity index (χ0) is 14.3.